The third-order valence-corrected chi connectivity index (χ3v) is 3.94. The molecular weight excluding hydrogens is 238 g/mol. The fourth-order valence-electron chi connectivity index (χ4n) is 2.97. The average molecular weight is 261 g/mol. The summed E-state index contributed by atoms with van der Waals surface area (Å²) in [5.74, 6) is 0.408. The molecule has 1 aromatic carbocycles. The third-order valence-electron chi connectivity index (χ3n) is 3.94. The maximum atomic E-state index is 12.4. The van der Waals surface area contributed by atoms with Crippen molar-refractivity contribution in [3.05, 3.63) is 29.8 Å². The van der Waals surface area contributed by atoms with Crippen LogP contribution in [0.1, 0.15) is 44.6 Å². The first kappa shape index (κ1) is 13.9. The van der Waals surface area contributed by atoms with Crippen LogP contribution in [-0.4, -0.2) is 28.5 Å². The number of amides is 1. The van der Waals surface area contributed by atoms with Crippen LogP contribution >= 0.6 is 0 Å². The lowest BCUT2D eigenvalue weighted by Gasteiger charge is -2.33. The Morgan fingerprint density at radius 3 is 2.68 bits per heavy atom. The van der Waals surface area contributed by atoms with Crippen LogP contribution in [0.3, 0.4) is 0 Å². The molecule has 1 fully saturated rings. The number of rotatable bonds is 4. The van der Waals surface area contributed by atoms with Gasteiger partial charge in [0.1, 0.15) is 5.75 Å². The smallest absolute Gasteiger partial charge is 0.227 e. The van der Waals surface area contributed by atoms with Crippen LogP contribution in [0.5, 0.6) is 5.75 Å². The molecule has 0 saturated heterocycles. The number of hydrogen-bond acceptors (Lipinski definition) is 2. The summed E-state index contributed by atoms with van der Waals surface area (Å²) < 4.78 is 0. The highest BCUT2D eigenvalue weighted by Crippen LogP contribution is 2.23. The first-order valence-electron chi connectivity index (χ1n) is 7.28. The summed E-state index contributed by atoms with van der Waals surface area (Å²) in [5, 5.41) is 9.45. The number of phenolic OH excluding ortho intramolecular Hbond substituents is 1. The number of benzene rings is 1. The Bertz CT molecular complexity index is 425. The van der Waals surface area contributed by atoms with Crippen LogP contribution in [0.15, 0.2) is 24.3 Å². The summed E-state index contributed by atoms with van der Waals surface area (Å²) in [5.41, 5.74) is 0.888. The van der Waals surface area contributed by atoms with Crippen LogP contribution in [0.25, 0.3) is 0 Å². The summed E-state index contributed by atoms with van der Waals surface area (Å²) in [4.78, 5) is 14.4. The molecule has 3 nitrogen and oxygen atoms in total. The molecule has 0 aromatic heterocycles. The number of carbonyl (C=O) groups is 1. The Labute approximate surface area is 115 Å². The summed E-state index contributed by atoms with van der Waals surface area (Å²) in [7, 11) is 0. The third kappa shape index (κ3) is 3.72. The summed E-state index contributed by atoms with van der Waals surface area (Å²) in [6.07, 6.45) is 6.44. The predicted octanol–water partition coefficient (Wildman–Crippen LogP) is 3.12. The van der Waals surface area contributed by atoms with Gasteiger partial charge in [-0.25, -0.2) is 0 Å². The normalized spacial score (nSPS) is 16.3. The van der Waals surface area contributed by atoms with Crippen LogP contribution in [0, 0.1) is 0 Å². The summed E-state index contributed by atoms with van der Waals surface area (Å²) in [6, 6.07) is 7.41. The standard InChI is InChI=1S/C16H23NO2/c1-2-17(14-8-4-3-5-9-14)16(19)12-13-7-6-10-15(18)11-13/h6-7,10-11,14,18H,2-5,8-9,12H2,1H3. The van der Waals surface area contributed by atoms with Crippen molar-refractivity contribution in [2.45, 2.75) is 51.5 Å². The van der Waals surface area contributed by atoms with E-state index in [0.717, 1.165) is 24.9 Å². The number of likely N-dealkylation sites (N-methyl/N-ethyl adjacent to an activating group) is 1. The van der Waals surface area contributed by atoms with Crippen LogP contribution in [0.4, 0.5) is 0 Å². The SMILES string of the molecule is CCN(C(=O)Cc1cccc(O)c1)C1CCCCC1. The number of phenols is 1. The Morgan fingerprint density at radius 2 is 2.05 bits per heavy atom. The average Bonchev–Trinajstić information content (AvgIpc) is 2.41. The lowest BCUT2D eigenvalue weighted by molar-refractivity contribution is -0.133. The fraction of sp³-hybridized carbons (Fsp3) is 0.562. The monoisotopic (exact) mass is 261 g/mol. The quantitative estimate of drug-likeness (QED) is 0.904. The zero-order chi connectivity index (χ0) is 13.7. The maximum absolute atomic E-state index is 12.4. The van der Waals surface area contributed by atoms with Crippen molar-refractivity contribution in [2.24, 2.45) is 0 Å². The number of hydrogen-bond donors (Lipinski definition) is 1. The minimum absolute atomic E-state index is 0.181. The molecule has 1 saturated carbocycles. The highest BCUT2D eigenvalue weighted by Gasteiger charge is 2.23. The summed E-state index contributed by atoms with van der Waals surface area (Å²) >= 11 is 0. The summed E-state index contributed by atoms with van der Waals surface area (Å²) in [6.45, 7) is 2.83. The Hall–Kier alpha value is -1.51. The number of aromatic hydroxyl groups is 1. The maximum Gasteiger partial charge on any atom is 0.227 e. The van der Waals surface area contributed by atoms with Gasteiger partial charge in [0.05, 0.1) is 6.42 Å². The molecule has 0 unspecified atom stereocenters. The second kappa shape index (κ2) is 6.60. The molecule has 0 heterocycles. The van der Waals surface area contributed by atoms with E-state index in [1.54, 1.807) is 18.2 Å². The van der Waals surface area contributed by atoms with E-state index in [2.05, 4.69) is 6.92 Å². The van der Waals surface area contributed by atoms with E-state index >= 15 is 0 Å². The van der Waals surface area contributed by atoms with E-state index in [0.29, 0.717) is 12.5 Å². The van der Waals surface area contributed by atoms with Gasteiger partial charge in [-0.1, -0.05) is 31.4 Å². The van der Waals surface area contributed by atoms with Crippen molar-refractivity contribution in [1.82, 2.24) is 4.90 Å². The molecule has 0 aliphatic heterocycles. The van der Waals surface area contributed by atoms with E-state index in [9.17, 15) is 9.90 Å². The predicted molar refractivity (Wildman–Crippen MR) is 76.1 cm³/mol. The van der Waals surface area contributed by atoms with Gasteiger partial charge < -0.3 is 10.0 Å². The molecule has 1 amide bonds. The Kier molecular flexibility index (Phi) is 4.83. The molecule has 0 bridgehead atoms. The molecule has 1 N–H and O–H groups in total. The first-order chi connectivity index (χ1) is 9.20. The Balaban J connectivity index is 2.00. The van der Waals surface area contributed by atoms with E-state index in [4.69, 9.17) is 0 Å². The van der Waals surface area contributed by atoms with Gasteiger partial charge >= 0.3 is 0 Å². The van der Waals surface area contributed by atoms with E-state index in [1.165, 1.54) is 19.3 Å². The van der Waals surface area contributed by atoms with Gasteiger partial charge in [0.15, 0.2) is 0 Å². The second-order valence-electron chi connectivity index (χ2n) is 5.32. The topological polar surface area (TPSA) is 40.5 Å². The van der Waals surface area contributed by atoms with Crippen LogP contribution in [-0.2, 0) is 11.2 Å². The van der Waals surface area contributed by atoms with Gasteiger partial charge in [-0.2, -0.15) is 0 Å². The largest absolute Gasteiger partial charge is 0.508 e. The van der Waals surface area contributed by atoms with Crippen molar-refractivity contribution in [2.75, 3.05) is 6.54 Å². The fourth-order valence-corrected chi connectivity index (χ4v) is 2.97. The lowest BCUT2D eigenvalue weighted by Crippen LogP contribution is -2.42. The van der Waals surface area contributed by atoms with Crippen LogP contribution < -0.4 is 0 Å². The second-order valence-corrected chi connectivity index (χ2v) is 5.32. The zero-order valence-corrected chi connectivity index (χ0v) is 11.6. The molecule has 1 aromatic rings. The Morgan fingerprint density at radius 1 is 1.32 bits per heavy atom. The van der Waals surface area contributed by atoms with E-state index in [1.807, 2.05) is 11.0 Å². The van der Waals surface area contributed by atoms with Gasteiger partial charge in [-0.15, -0.1) is 0 Å². The minimum atomic E-state index is 0.181. The molecule has 3 heteroatoms. The highest BCUT2D eigenvalue weighted by atomic mass is 16.3. The van der Waals surface area contributed by atoms with E-state index < -0.39 is 0 Å². The van der Waals surface area contributed by atoms with Gasteiger partial charge in [-0.05, 0) is 37.5 Å². The molecule has 0 spiro atoms. The molecular formula is C16H23NO2. The molecule has 19 heavy (non-hydrogen) atoms. The minimum Gasteiger partial charge on any atom is -0.508 e. The first-order valence-corrected chi connectivity index (χ1v) is 7.28. The molecule has 0 atom stereocenters. The van der Waals surface area contributed by atoms with Crippen molar-refractivity contribution in [3.63, 3.8) is 0 Å². The number of nitrogens with zero attached hydrogens (tertiary/aromatic N) is 1. The van der Waals surface area contributed by atoms with Crippen molar-refractivity contribution >= 4 is 5.91 Å². The van der Waals surface area contributed by atoms with Gasteiger partial charge in [0.2, 0.25) is 5.91 Å². The van der Waals surface area contributed by atoms with Gasteiger partial charge in [0.25, 0.3) is 0 Å². The molecule has 1 aliphatic rings. The molecule has 2 rings (SSSR count). The van der Waals surface area contributed by atoms with Crippen molar-refractivity contribution in [3.8, 4) is 5.75 Å². The number of carbonyl (C=O) groups excluding carboxylic acids is 1. The lowest BCUT2D eigenvalue weighted by atomic mass is 9.93. The molecule has 1 aliphatic carbocycles. The van der Waals surface area contributed by atoms with Crippen molar-refractivity contribution < 1.29 is 9.90 Å². The van der Waals surface area contributed by atoms with Gasteiger partial charge in [-0.3, -0.25) is 4.79 Å². The van der Waals surface area contributed by atoms with E-state index in [-0.39, 0.29) is 11.7 Å². The highest BCUT2D eigenvalue weighted by molar-refractivity contribution is 5.79. The zero-order valence-electron chi connectivity index (χ0n) is 11.6. The van der Waals surface area contributed by atoms with Gasteiger partial charge in [0, 0.05) is 12.6 Å². The molecule has 104 valence electrons. The van der Waals surface area contributed by atoms with Crippen molar-refractivity contribution in [1.29, 1.82) is 0 Å². The molecule has 0 radical (unpaired) electrons. The van der Waals surface area contributed by atoms with Crippen LogP contribution in [0.2, 0.25) is 0 Å².